The molecule has 0 saturated heterocycles. The van der Waals surface area contributed by atoms with E-state index >= 15 is 0 Å². The van der Waals surface area contributed by atoms with Crippen LogP contribution in [0.3, 0.4) is 0 Å². The number of nitrogens with one attached hydrogen (secondary N) is 2. The highest BCUT2D eigenvalue weighted by Crippen LogP contribution is 2.20. The van der Waals surface area contributed by atoms with Crippen LogP contribution in [0.2, 0.25) is 0 Å². The molecule has 7 heteroatoms. The first-order valence-electron chi connectivity index (χ1n) is 6.89. The first-order chi connectivity index (χ1) is 11.0. The number of aryl methyl sites for hydroxylation is 1. The van der Waals surface area contributed by atoms with E-state index in [2.05, 4.69) is 15.8 Å². The maximum atomic E-state index is 11.1. The number of carbonyl (C=O) groups excluding carboxylic acids is 1. The van der Waals surface area contributed by atoms with Crippen LogP contribution in [-0.2, 0) is 15.8 Å². The number of carbonyl (C=O) groups is 1. The number of amides is 1. The number of benzene rings is 2. The zero-order chi connectivity index (χ0) is 16.8. The Labute approximate surface area is 137 Å². The third-order valence-corrected chi connectivity index (χ3v) is 4.03. The van der Waals surface area contributed by atoms with Gasteiger partial charge in [-0.05, 0) is 49.7 Å². The molecule has 2 aromatic rings. The van der Waals surface area contributed by atoms with Crippen molar-refractivity contribution in [3.05, 3.63) is 53.6 Å². The van der Waals surface area contributed by atoms with Gasteiger partial charge in [0.15, 0.2) is 0 Å². The summed E-state index contributed by atoms with van der Waals surface area (Å²) in [5.41, 5.74) is 7.00. The van der Waals surface area contributed by atoms with E-state index in [0.29, 0.717) is 17.0 Å². The molecule has 1 amide bonds. The number of hydrogen-bond acceptors (Lipinski definition) is 4. The number of anilines is 2. The monoisotopic (exact) mass is 330 g/mol. The second kappa shape index (κ2) is 7.66. The maximum absolute atomic E-state index is 11.1. The quantitative estimate of drug-likeness (QED) is 0.431. The summed E-state index contributed by atoms with van der Waals surface area (Å²) in [6.07, 6.45) is 0.643. The molecular formula is C16H18N4O2S. The molecule has 120 valence electrons. The standard InChI is InChI=1S/C16H18N4O2S/c1-11-4-3-5-15(18-10-21)16(11)12(2)19-20-13-6-8-14(9-7-13)23(17)22/h3-10,20H,17H2,1-2H3,(H,18,21)/b19-12+. The summed E-state index contributed by atoms with van der Waals surface area (Å²) in [6, 6.07) is 12.5. The predicted octanol–water partition coefficient (Wildman–Crippen LogP) is 2.38. The van der Waals surface area contributed by atoms with Gasteiger partial charge in [0.25, 0.3) is 0 Å². The van der Waals surface area contributed by atoms with Crippen molar-refractivity contribution in [3.63, 3.8) is 0 Å². The fraction of sp³-hybridized carbons (Fsp3) is 0.125. The molecule has 1 atom stereocenters. The Kier molecular flexibility index (Phi) is 5.61. The van der Waals surface area contributed by atoms with E-state index in [-0.39, 0.29) is 0 Å². The van der Waals surface area contributed by atoms with Crippen LogP contribution in [0, 0.1) is 6.92 Å². The summed E-state index contributed by atoms with van der Waals surface area (Å²) in [6.45, 7) is 3.81. The largest absolute Gasteiger partial charge is 0.328 e. The lowest BCUT2D eigenvalue weighted by atomic mass is 10.0. The molecule has 23 heavy (non-hydrogen) atoms. The van der Waals surface area contributed by atoms with Crippen LogP contribution in [0.25, 0.3) is 0 Å². The van der Waals surface area contributed by atoms with Gasteiger partial charge in [0.05, 0.1) is 16.3 Å². The van der Waals surface area contributed by atoms with Crippen molar-refractivity contribution < 1.29 is 9.00 Å². The lowest BCUT2D eigenvalue weighted by molar-refractivity contribution is -0.105. The fourth-order valence-electron chi connectivity index (χ4n) is 2.20. The Hall–Kier alpha value is -2.51. The number of hydrazone groups is 1. The van der Waals surface area contributed by atoms with Gasteiger partial charge in [-0.3, -0.25) is 10.2 Å². The first-order valence-corrected chi connectivity index (χ1v) is 8.11. The molecule has 0 spiro atoms. The Morgan fingerprint density at radius 3 is 2.52 bits per heavy atom. The molecular weight excluding hydrogens is 312 g/mol. The molecule has 6 nitrogen and oxygen atoms in total. The summed E-state index contributed by atoms with van der Waals surface area (Å²) in [4.78, 5) is 11.3. The van der Waals surface area contributed by atoms with Gasteiger partial charge in [-0.15, -0.1) is 0 Å². The highest BCUT2D eigenvalue weighted by Gasteiger charge is 2.08. The molecule has 0 heterocycles. The highest BCUT2D eigenvalue weighted by atomic mass is 32.2. The van der Waals surface area contributed by atoms with Crippen LogP contribution >= 0.6 is 0 Å². The molecule has 0 aromatic heterocycles. The molecule has 0 bridgehead atoms. The van der Waals surface area contributed by atoms with E-state index in [0.717, 1.165) is 22.5 Å². The minimum atomic E-state index is -1.49. The normalized spacial score (nSPS) is 12.6. The van der Waals surface area contributed by atoms with Gasteiger partial charge in [-0.25, -0.2) is 9.35 Å². The summed E-state index contributed by atoms with van der Waals surface area (Å²) in [5, 5.41) is 12.3. The molecule has 0 saturated carbocycles. The van der Waals surface area contributed by atoms with Gasteiger partial charge in [0.2, 0.25) is 6.41 Å². The average molecular weight is 330 g/mol. The number of nitrogens with two attached hydrogens (primary N) is 1. The molecule has 0 radical (unpaired) electrons. The number of hydrogen-bond donors (Lipinski definition) is 3. The van der Waals surface area contributed by atoms with Crippen LogP contribution in [-0.4, -0.2) is 16.3 Å². The van der Waals surface area contributed by atoms with Gasteiger partial charge in [0, 0.05) is 11.3 Å². The van der Waals surface area contributed by atoms with Crippen LogP contribution < -0.4 is 15.9 Å². The maximum Gasteiger partial charge on any atom is 0.211 e. The van der Waals surface area contributed by atoms with E-state index in [1.807, 2.05) is 32.0 Å². The summed E-state index contributed by atoms with van der Waals surface area (Å²) in [5.74, 6) is 0. The SMILES string of the molecule is C/C(=N\Nc1ccc(S(N)=O)cc1)c1c(C)cccc1NC=O. The van der Waals surface area contributed by atoms with E-state index in [4.69, 9.17) is 5.14 Å². The van der Waals surface area contributed by atoms with Gasteiger partial charge < -0.3 is 5.32 Å². The van der Waals surface area contributed by atoms with Crippen LogP contribution in [0.1, 0.15) is 18.1 Å². The zero-order valence-corrected chi connectivity index (χ0v) is 13.7. The topological polar surface area (TPSA) is 96.6 Å². The minimum absolute atomic E-state index is 0.549. The molecule has 4 N–H and O–H groups in total. The Balaban J connectivity index is 2.23. The fourth-order valence-corrected chi connectivity index (χ4v) is 2.60. The van der Waals surface area contributed by atoms with Crippen LogP contribution in [0.5, 0.6) is 0 Å². The molecule has 0 fully saturated rings. The highest BCUT2D eigenvalue weighted by molar-refractivity contribution is 7.82. The first kappa shape index (κ1) is 16.9. The minimum Gasteiger partial charge on any atom is -0.328 e. The van der Waals surface area contributed by atoms with Gasteiger partial charge >= 0.3 is 0 Å². The lowest BCUT2D eigenvalue weighted by Crippen LogP contribution is -2.07. The predicted molar refractivity (Wildman–Crippen MR) is 93.7 cm³/mol. The van der Waals surface area contributed by atoms with Gasteiger partial charge in [-0.1, -0.05) is 12.1 Å². The van der Waals surface area contributed by atoms with Crippen molar-refractivity contribution >= 4 is 34.5 Å². The average Bonchev–Trinajstić information content (AvgIpc) is 2.53. The van der Waals surface area contributed by atoms with Gasteiger partial charge in [0.1, 0.15) is 11.0 Å². The summed E-state index contributed by atoms with van der Waals surface area (Å²) >= 11 is 0. The van der Waals surface area contributed by atoms with Crippen molar-refractivity contribution in [3.8, 4) is 0 Å². The number of rotatable bonds is 6. The number of nitrogens with zero attached hydrogens (tertiary/aromatic N) is 1. The van der Waals surface area contributed by atoms with E-state index in [9.17, 15) is 9.00 Å². The van der Waals surface area contributed by atoms with Crippen LogP contribution in [0.15, 0.2) is 52.5 Å². The lowest BCUT2D eigenvalue weighted by Gasteiger charge is -2.11. The molecule has 2 aromatic carbocycles. The van der Waals surface area contributed by atoms with Crippen molar-refractivity contribution in [2.24, 2.45) is 10.2 Å². The third kappa shape index (κ3) is 4.24. The Morgan fingerprint density at radius 1 is 1.22 bits per heavy atom. The second-order valence-corrected chi connectivity index (χ2v) is 5.96. The van der Waals surface area contributed by atoms with Crippen molar-refractivity contribution in [2.75, 3.05) is 10.7 Å². The summed E-state index contributed by atoms with van der Waals surface area (Å²) < 4.78 is 11.1. The smallest absolute Gasteiger partial charge is 0.211 e. The zero-order valence-electron chi connectivity index (χ0n) is 12.9. The van der Waals surface area contributed by atoms with Crippen LogP contribution in [0.4, 0.5) is 11.4 Å². The molecule has 0 aliphatic heterocycles. The van der Waals surface area contributed by atoms with Crippen molar-refractivity contribution in [2.45, 2.75) is 18.7 Å². The van der Waals surface area contributed by atoms with E-state index < -0.39 is 11.0 Å². The molecule has 0 aliphatic rings. The Morgan fingerprint density at radius 2 is 1.91 bits per heavy atom. The molecule has 2 rings (SSSR count). The second-order valence-electron chi connectivity index (χ2n) is 4.89. The van der Waals surface area contributed by atoms with E-state index in [1.54, 1.807) is 24.3 Å². The Bertz CT molecular complexity index is 757. The van der Waals surface area contributed by atoms with Crippen molar-refractivity contribution in [1.82, 2.24) is 0 Å². The molecule has 0 aliphatic carbocycles. The third-order valence-electron chi connectivity index (χ3n) is 3.29. The van der Waals surface area contributed by atoms with Gasteiger partial charge in [-0.2, -0.15) is 5.10 Å². The summed E-state index contributed by atoms with van der Waals surface area (Å²) in [7, 11) is -1.49. The molecule has 1 unspecified atom stereocenters. The van der Waals surface area contributed by atoms with E-state index in [1.165, 1.54) is 0 Å². The van der Waals surface area contributed by atoms with Crippen molar-refractivity contribution in [1.29, 1.82) is 0 Å².